The van der Waals surface area contributed by atoms with E-state index in [1.54, 1.807) is 7.05 Å². The van der Waals surface area contributed by atoms with Crippen LogP contribution in [0.3, 0.4) is 0 Å². The summed E-state index contributed by atoms with van der Waals surface area (Å²) in [5.41, 5.74) is 2.44. The van der Waals surface area contributed by atoms with Gasteiger partial charge < -0.3 is 10.1 Å². The third kappa shape index (κ3) is 5.94. The molecule has 72 valence electrons. The van der Waals surface area contributed by atoms with E-state index in [0.29, 0.717) is 5.96 Å². The van der Waals surface area contributed by atoms with Crippen LogP contribution in [-0.4, -0.2) is 32.8 Å². The van der Waals surface area contributed by atoms with Crippen LogP contribution in [0.5, 0.6) is 0 Å². The van der Waals surface area contributed by atoms with Crippen LogP contribution in [0.1, 0.15) is 13.3 Å². The maximum atomic E-state index is 5.15. The van der Waals surface area contributed by atoms with Gasteiger partial charge in [0, 0.05) is 26.8 Å². The zero-order chi connectivity index (χ0) is 9.23. The molecule has 5 heteroatoms. The van der Waals surface area contributed by atoms with Crippen molar-refractivity contribution < 1.29 is 4.74 Å². The van der Waals surface area contributed by atoms with E-state index in [4.69, 9.17) is 10.6 Å². The summed E-state index contributed by atoms with van der Waals surface area (Å²) in [5, 5.41) is 3.01. The van der Waals surface area contributed by atoms with E-state index >= 15 is 0 Å². The lowest BCUT2D eigenvalue weighted by atomic mass is 10.4. The molecule has 0 atom stereocenters. The van der Waals surface area contributed by atoms with Gasteiger partial charge in [0.2, 0.25) is 5.96 Å². The molecule has 0 heterocycles. The molecular formula is C7H18N4O. The van der Waals surface area contributed by atoms with Crippen LogP contribution in [0.15, 0.2) is 4.99 Å². The SMILES string of the molecule is CCOCCCNC(=NC)NN. The van der Waals surface area contributed by atoms with E-state index in [-0.39, 0.29) is 0 Å². The van der Waals surface area contributed by atoms with E-state index in [2.05, 4.69) is 15.7 Å². The summed E-state index contributed by atoms with van der Waals surface area (Å²) in [6, 6.07) is 0. The highest BCUT2D eigenvalue weighted by Crippen LogP contribution is 1.79. The Bertz CT molecular complexity index is 127. The molecule has 4 N–H and O–H groups in total. The van der Waals surface area contributed by atoms with Gasteiger partial charge in [-0.15, -0.1) is 0 Å². The molecule has 0 saturated carbocycles. The minimum absolute atomic E-state index is 0.603. The third-order valence-corrected chi connectivity index (χ3v) is 1.32. The Kier molecular flexibility index (Phi) is 7.73. The molecule has 5 nitrogen and oxygen atoms in total. The summed E-state index contributed by atoms with van der Waals surface area (Å²) in [7, 11) is 1.67. The average molecular weight is 174 g/mol. The Morgan fingerprint density at radius 2 is 2.33 bits per heavy atom. The Morgan fingerprint density at radius 3 is 2.83 bits per heavy atom. The molecule has 0 radical (unpaired) electrons. The number of nitrogens with two attached hydrogens (primary N) is 1. The van der Waals surface area contributed by atoms with Gasteiger partial charge in [-0.1, -0.05) is 0 Å². The summed E-state index contributed by atoms with van der Waals surface area (Å²) in [6.45, 7) is 4.33. The number of hydrazine groups is 1. The van der Waals surface area contributed by atoms with E-state index < -0.39 is 0 Å². The van der Waals surface area contributed by atoms with Gasteiger partial charge in [-0.25, -0.2) is 5.84 Å². The van der Waals surface area contributed by atoms with Gasteiger partial charge in [0.1, 0.15) is 0 Å². The molecule has 0 aliphatic carbocycles. The molecule has 0 fully saturated rings. The fourth-order valence-electron chi connectivity index (χ4n) is 0.720. The largest absolute Gasteiger partial charge is 0.382 e. The molecule has 0 amide bonds. The summed E-state index contributed by atoms with van der Waals surface area (Å²) < 4.78 is 5.15. The van der Waals surface area contributed by atoms with E-state index in [1.165, 1.54) is 0 Å². The second-order valence-corrected chi connectivity index (χ2v) is 2.19. The minimum Gasteiger partial charge on any atom is -0.382 e. The number of ether oxygens (including phenoxy) is 1. The monoisotopic (exact) mass is 174 g/mol. The van der Waals surface area contributed by atoms with E-state index in [9.17, 15) is 0 Å². The third-order valence-electron chi connectivity index (χ3n) is 1.32. The smallest absolute Gasteiger partial charge is 0.205 e. The van der Waals surface area contributed by atoms with Crippen LogP contribution < -0.4 is 16.6 Å². The molecule has 12 heavy (non-hydrogen) atoms. The second-order valence-electron chi connectivity index (χ2n) is 2.19. The van der Waals surface area contributed by atoms with Crippen LogP contribution in [0.4, 0.5) is 0 Å². The normalized spacial score (nSPS) is 11.4. The Hall–Kier alpha value is -0.810. The highest BCUT2D eigenvalue weighted by atomic mass is 16.5. The summed E-state index contributed by atoms with van der Waals surface area (Å²) in [6.07, 6.45) is 0.953. The molecule has 0 aliphatic heterocycles. The summed E-state index contributed by atoms with van der Waals surface area (Å²) >= 11 is 0. The average Bonchev–Trinajstić information content (AvgIpc) is 2.11. The molecular weight excluding hydrogens is 156 g/mol. The quantitative estimate of drug-likeness (QED) is 0.172. The van der Waals surface area contributed by atoms with Crippen molar-refractivity contribution in [1.82, 2.24) is 10.7 Å². The number of nitrogens with zero attached hydrogens (tertiary/aromatic N) is 1. The van der Waals surface area contributed by atoms with Gasteiger partial charge in [-0.3, -0.25) is 10.4 Å². The first-order valence-electron chi connectivity index (χ1n) is 4.10. The predicted octanol–water partition coefficient (Wildman–Crippen LogP) is -0.548. The molecule has 0 aromatic rings. The first-order valence-corrected chi connectivity index (χ1v) is 4.10. The standard InChI is InChI=1S/C7H18N4O/c1-3-12-6-4-5-10-7(9-2)11-8/h3-6,8H2,1-2H3,(H2,9,10,11). The molecule has 0 aromatic carbocycles. The number of hydrogen-bond donors (Lipinski definition) is 3. The number of rotatable bonds is 5. The van der Waals surface area contributed by atoms with Crippen LogP contribution >= 0.6 is 0 Å². The van der Waals surface area contributed by atoms with Crippen molar-refractivity contribution in [1.29, 1.82) is 0 Å². The lowest BCUT2D eigenvalue weighted by Gasteiger charge is -2.07. The first kappa shape index (κ1) is 11.2. The second kappa shape index (κ2) is 8.29. The van der Waals surface area contributed by atoms with Crippen LogP contribution in [-0.2, 0) is 4.74 Å². The van der Waals surface area contributed by atoms with Crippen molar-refractivity contribution in [2.75, 3.05) is 26.8 Å². The van der Waals surface area contributed by atoms with Crippen LogP contribution in [0, 0.1) is 0 Å². The van der Waals surface area contributed by atoms with E-state index in [1.807, 2.05) is 6.92 Å². The highest BCUT2D eigenvalue weighted by Gasteiger charge is 1.91. The molecule has 0 rings (SSSR count). The van der Waals surface area contributed by atoms with Gasteiger partial charge in [0.05, 0.1) is 0 Å². The first-order chi connectivity index (χ1) is 5.85. The van der Waals surface area contributed by atoms with Gasteiger partial charge in [-0.2, -0.15) is 0 Å². The minimum atomic E-state index is 0.603. The van der Waals surface area contributed by atoms with E-state index in [0.717, 1.165) is 26.2 Å². The Morgan fingerprint density at radius 1 is 1.58 bits per heavy atom. The zero-order valence-electron chi connectivity index (χ0n) is 7.76. The van der Waals surface area contributed by atoms with Crippen molar-refractivity contribution in [2.45, 2.75) is 13.3 Å². The van der Waals surface area contributed by atoms with Gasteiger partial charge in [0.15, 0.2) is 0 Å². The van der Waals surface area contributed by atoms with Gasteiger partial charge in [0.25, 0.3) is 0 Å². The maximum absolute atomic E-state index is 5.15. The van der Waals surface area contributed by atoms with Crippen molar-refractivity contribution in [3.05, 3.63) is 0 Å². The molecule has 0 bridgehead atoms. The topological polar surface area (TPSA) is 71.7 Å². The fraction of sp³-hybridized carbons (Fsp3) is 0.857. The molecule has 0 saturated heterocycles. The maximum Gasteiger partial charge on any atom is 0.205 e. The zero-order valence-corrected chi connectivity index (χ0v) is 7.76. The van der Waals surface area contributed by atoms with Crippen LogP contribution in [0.2, 0.25) is 0 Å². The summed E-state index contributed by atoms with van der Waals surface area (Å²) in [4.78, 5) is 3.85. The molecule has 0 aromatic heterocycles. The van der Waals surface area contributed by atoms with Crippen LogP contribution in [0.25, 0.3) is 0 Å². The van der Waals surface area contributed by atoms with Gasteiger partial charge >= 0.3 is 0 Å². The highest BCUT2D eigenvalue weighted by molar-refractivity contribution is 5.78. The number of aliphatic imine (C=N–C) groups is 1. The number of guanidine groups is 1. The molecule has 0 aliphatic rings. The molecule has 0 unspecified atom stereocenters. The van der Waals surface area contributed by atoms with Crippen molar-refractivity contribution in [3.8, 4) is 0 Å². The van der Waals surface area contributed by atoms with Crippen molar-refractivity contribution in [2.24, 2.45) is 10.8 Å². The van der Waals surface area contributed by atoms with Crippen molar-refractivity contribution in [3.63, 3.8) is 0 Å². The number of hydrogen-bond acceptors (Lipinski definition) is 3. The summed E-state index contributed by atoms with van der Waals surface area (Å²) in [5.74, 6) is 5.75. The number of nitrogens with one attached hydrogen (secondary N) is 2. The Balaban J connectivity index is 3.18. The Labute approximate surface area is 73.3 Å². The lowest BCUT2D eigenvalue weighted by molar-refractivity contribution is 0.145. The fourth-order valence-corrected chi connectivity index (χ4v) is 0.720. The molecule has 0 spiro atoms. The van der Waals surface area contributed by atoms with Crippen molar-refractivity contribution >= 4 is 5.96 Å². The van der Waals surface area contributed by atoms with Gasteiger partial charge in [-0.05, 0) is 13.3 Å². The predicted molar refractivity (Wildman–Crippen MR) is 49.8 cm³/mol. The lowest BCUT2D eigenvalue weighted by Crippen LogP contribution is -2.41.